The Hall–Kier alpha value is -4.06. The summed E-state index contributed by atoms with van der Waals surface area (Å²) < 4.78 is 47.2. The van der Waals surface area contributed by atoms with Crippen LogP contribution in [0.3, 0.4) is 0 Å². The number of aromatic amines is 1. The number of halogens is 2. The molecule has 1 atom stereocenters. The molecule has 0 bridgehead atoms. The van der Waals surface area contributed by atoms with Gasteiger partial charge in [-0.3, -0.25) is 0 Å². The zero-order valence-electron chi connectivity index (χ0n) is 19.9. The van der Waals surface area contributed by atoms with Crippen LogP contribution in [0.25, 0.3) is 22.5 Å². The molecule has 6 rings (SSSR count). The van der Waals surface area contributed by atoms with Gasteiger partial charge < -0.3 is 29.3 Å². The number of nitrogens with one attached hydrogen (secondary N) is 2. The van der Waals surface area contributed by atoms with Gasteiger partial charge in [0.1, 0.15) is 18.0 Å². The molecular weight excluding hydrogens is 486 g/mol. The highest BCUT2D eigenvalue weighted by Crippen LogP contribution is 2.40. The van der Waals surface area contributed by atoms with Gasteiger partial charge in [-0.25, -0.2) is 18.8 Å². The average Bonchev–Trinajstić information content (AvgIpc) is 3.50. The Morgan fingerprint density at radius 3 is 2.73 bits per heavy atom. The number of hydrogen-bond donors (Lipinski definition) is 3. The van der Waals surface area contributed by atoms with Crippen LogP contribution < -0.4 is 10.1 Å². The molecule has 1 unspecified atom stereocenters. The van der Waals surface area contributed by atoms with Gasteiger partial charge in [0, 0.05) is 41.5 Å². The first-order chi connectivity index (χ1) is 17.9. The van der Waals surface area contributed by atoms with Gasteiger partial charge >= 0.3 is 0 Å². The molecular formula is C25H24F2N6O4. The molecule has 1 fully saturated rings. The van der Waals surface area contributed by atoms with Crippen LogP contribution in [0.4, 0.5) is 14.5 Å². The molecule has 2 aliphatic rings. The van der Waals surface area contributed by atoms with E-state index in [0.717, 1.165) is 31.4 Å². The maximum Gasteiger partial charge on any atom is 0.289 e. The van der Waals surface area contributed by atoms with Crippen LogP contribution in [0.1, 0.15) is 38.0 Å². The molecule has 1 aliphatic carbocycles. The van der Waals surface area contributed by atoms with Crippen LogP contribution in [0, 0.1) is 17.0 Å². The molecule has 0 spiro atoms. The number of fused-ring (bicyclic) bond motifs is 1. The van der Waals surface area contributed by atoms with Gasteiger partial charge in [-0.05, 0) is 18.9 Å². The number of benzene rings is 1. The second-order valence-electron chi connectivity index (χ2n) is 9.68. The number of nitrogens with zero attached hydrogens (tertiary/aromatic N) is 4. The predicted molar refractivity (Wildman–Crippen MR) is 129 cm³/mol. The number of hydrogen-bond acceptors (Lipinski definition) is 9. The molecule has 37 heavy (non-hydrogen) atoms. The number of pyridine rings is 1. The first-order valence-corrected chi connectivity index (χ1v) is 11.9. The van der Waals surface area contributed by atoms with E-state index in [1.165, 1.54) is 12.3 Å². The van der Waals surface area contributed by atoms with Crippen molar-refractivity contribution in [3.05, 3.63) is 48.1 Å². The second kappa shape index (κ2) is 9.11. The Balaban J connectivity index is 1.27. The molecule has 3 N–H and O–H groups in total. The lowest BCUT2D eigenvalue weighted by Gasteiger charge is -2.30. The van der Waals surface area contributed by atoms with Crippen molar-refractivity contribution in [1.29, 1.82) is 0 Å². The fourth-order valence-corrected chi connectivity index (χ4v) is 4.17. The van der Waals surface area contributed by atoms with Crippen LogP contribution >= 0.6 is 0 Å². The Labute approximate surface area is 209 Å². The topological polar surface area (TPSA) is 131 Å². The summed E-state index contributed by atoms with van der Waals surface area (Å²) in [6, 6.07) is 3.80. The van der Waals surface area contributed by atoms with E-state index >= 15 is 8.78 Å². The molecule has 10 nitrogen and oxygen atoms in total. The Morgan fingerprint density at radius 2 is 2.05 bits per heavy atom. The van der Waals surface area contributed by atoms with Gasteiger partial charge in [0.15, 0.2) is 17.4 Å². The van der Waals surface area contributed by atoms with Crippen LogP contribution in [0.2, 0.25) is 0 Å². The number of rotatable bonds is 6. The van der Waals surface area contributed by atoms with Gasteiger partial charge in [-0.15, -0.1) is 10.2 Å². The summed E-state index contributed by atoms with van der Waals surface area (Å²) in [5.41, 5.74) is 0.576. The maximum atomic E-state index is 15.0. The first-order valence-electron chi connectivity index (χ1n) is 11.9. The normalized spacial score (nSPS) is 19.8. The first kappa shape index (κ1) is 23.3. The van der Waals surface area contributed by atoms with Crippen molar-refractivity contribution in [3.8, 4) is 23.0 Å². The fourth-order valence-electron chi connectivity index (χ4n) is 4.17. The van der Waals surface area contributed by atoms with Gasteiger partial charge in [0.2, 0.25) is 11.8 Å². The summed E-state index contributed by atoms with van der Waals surface area (Å²) in [5, 5.41) is 21.0. The molecule has 1 aliphatic heterocycles. The van der Waals surface area contributed by atoms with Crippen molar-refractivity contribution in [2.45, 2.75) is 32.1 Å². The van der Waals surface area contributed by atoms with Crippen molar-refractivity contribution >= 4 is 22.7 Å². The van der Waals surface area contributed by atoms with Gasteiger partial charge in [-0.1, -0.05) is 13.3 Å². The van der Waals surface area contributed by atoms with Gasteiger partial charge in [-0.2, -0.15) is 0 Å². The van der Waals surface area contributed by atoms with Crippen molar-refractivity contribution in [2.24, 2.45) is 10.4 Å². The number of H-pyrrole nitrogens is 1. The predicted octanol–water partition coefficient (Wildman–Crippen LogP) is 4.75. The zero-order chi connectivity index (χ0) is 25.6. The molecule has 4 aromatic rings. The van der Waals surface area contributed by atoms with E-state index in [4.69, 9.17) is 13.9 Å². The number of anilines is 1. The van der Waals surface area contributed by atoms with Crippen LogP contribution in [-0.2, 0) is 4.74 Å². The third kappa shape index (κ3) is 4.37. The standard InChI is InChI=1S/C25H24F2N6O4/c1-25(11-34)10-30-24(35-12-25)31-14-7-16(26)20(17(27)8-14)36-18-5-6-28-21-19(18)15(9-29-21)23-33-32-22(37-23)13-3-2-4-13/h5-9,13,34H,2-4,10-12H2,1H3,(H,28,29)(H,30,31). The average molecular weight is 511 g/mol. The SMILES string of the molecule is CC1(CO)CN=C(Nc2cc(F)c(Oc3ccnc4[nH]cc(-c5nnc(C6CCC6)o5)c34)c(F)c2)OC1. The fraction of sp³-hybridized carbons (Fsp3) is 0.360. The lowest BCUT2D eigenvalue weighted by Crippen LogP contribution is -2.38. The van der Waals surface area contributed by atoms with Crippen molar-refractivity contribution in [2.75, 3.05) is 25.1 Å². The zero-order valence-corrected chi connectivity index (χ0v) is 19.9. The van der Waals surface area contributed by atoms with E-state index in [-0.39, 0.29) is 42.5 Å². The maximum absolute atomic E-state index is 15.0. The molecule has 1 saturated carbocycles. The largest absolute Gasteiger partial charge is 0.464 e. The summed E-state index contributed by atoms with van der Waals surface area (Å²) in [6.07, 6.45) is 6.27. The molecule has 12 heteroatoms. The van der Waals surface area contributed by atoms with Crippen LogP contribution in [0.15, 0.2) is 40.0 Å². The molecule has 4 heterocycles. The Kier molecular flexibility index (Phi) is 5.75. The molecule has 1 aromatic carbocycles. The Bertz CT molecular complexity index is 1470. The highest BCUT2D eigenvalue weighted by atomic mass is 19.1. The number of amidine groups is 1. The summed E-state index contributed by atoms with van der Waals surface area (Å²) in [6.45, 7) is 2.28. The van der Waals surface area contributed by atoms with Crippen molar-refractivity contribution in [3.63, 3.8) is 0 Å². The number of aliphatic hydroxyl groups is 1. The summed E-state index contributed by atoms with van der Waals surface area (Å²) in [5.74, 6) is -1.14. The number of ether oxygens (including phenoxy) is 2. The van der Waals surface area contributed by atoms with Crippen LogP contribution in [0.5, 0.6) is 11.5 Å². The van der Waals surface area contributed by atoms with E-state index < -0.39 is 22.8 Å². The molecule has 0 radical (unpaired) electrons. The van der Waals surface area contributed by atoms with E-state index in [2.05, 4.69) is 30.5 Å². The number of aliphatic imine (C=N–C) groups is 1. The minimum Gasteiger partial charge on any atom is -0.464 e. The monoisotopic (exact) mass is 510 g/mol. The highest BCUT2D eigenvalue weighted by molar-refractivity contribution is 5.96. The number of aliphatic hydroxyl groups excluding tert-OH is 1. The molecule has 3 aromatic heterocycles. The third-order valence-corrected chi connectivity index (χ3v) is 6.67. The quantitative estimate of drug-likeness (QED) is 0.339. The van der Waals surface area contributed by atoms with E-state index in [9.17, 15) is 5.11 Å². The lowest BCUT2D eigenvalue weighted by atomic mass is 9.85. The minimum atomic E-state index is -0.925. The second-order valence-corrected chi connectivity index (χ2v) is 9.68. The smallest absolute Gasteiger partial charge is 0.289 e. The van der Waals surface area contributed by atoms with Crippen molar-refractivity contribution < 1.29 is 27.8 Å². The van der Waals surface area contributed by atoms with Crippen LogP contribution in [-0.4, -0.2) is 51.1 Å². The Morgan fingerprint density at radius 1 is 1.24 bits per heavy atom. The van der Waals surface area contributed by atoms with Gasteiger partial charge in [0.25, 0.3) is 6.02 Å². The summed E-state index contributed by atoms with van der Waals surface area (Å²) in [7, 11) is 0. The molecule has 192 valence electrons. The van der Waals surface area contributed by atoms with E-state index in [0.29, 0.717) is 29.0 Å². The molecule has 0 amide bonds. The minimum absolute atomic E-state index is 0.0849. The van der Waals surface area contributed by atoms with E-state index in [1.807, 2.05) is 6.92 Å². The van der Waals surface area contributed by atoms with Gasteiger partial charge in [0.05, 0.1) is 24.1 Å². The number of aromatic nitrogens is 4. The third-order valence-electron chi connectivity index (χ3n) is 6.67. The summed E-state index contributed by atoms with van der Waals surface area (Å²) >= 11 is 0. The van der Waals surface area contributed by atoms with Crippen molar-refractivity contribution in [1.82, 2.24) is 20.2 Å². The summed E-state index contributed by atoms with van der Waals surface area (Å²) in [4.78, 5) is 11.5. The highest BCUT2D eigenvalue weighted by Gasteiger charge is 2.30. The van der Waals surface area contributed by atoms with E-state index in [1.54, 1.807) is 6.20 Å². The lowest BCUT2D eigenvalue weighted by molar-refractivity contribution is 0.0706. The molecule has 0 saturated heterocycles.